The third-order valence-electron chi connectivity index (χ3n) is 4.00. The standard InChI is InChI=1S/C22H29NO3/c1-6-15-25-19-13-9-18(10-14-19)23-21(24)16(2)26-20-11-7-17(8-12-20)22(3,4)5/h7-14,16H,6,15H2,1-5H3,(H,23,24). The highest BCUT2D eigenvalue weighted by molar-refractivity contribution is 5.94. The summed E-state index contributed by atoms with van der Waals surface area (Å²) in [6.07, 6.45) is 0.371. The highest BCUT2D eigenvalue weighted by atomic mass is 16.5. The van der Waals surface area contributed by atoms with Crippen LogP contribution in [0.1, 0.15) is 46.6 Å². The first kappa shape index (κ1) is 19.8. The summed E-state index contributed by atoms with van der Waals surface area (Å²) in [6.45, 7) is 11.0. The third kappa shape index (κ3) is 5.80. The van der Waals surface area contributed by atoms with E-state index in [0.29, 0.717) is 12.4 Å². The van der Waals surface area contributed by atoms with Crippen molar-refractivity contribution in [1.29, 1.82) is 0 Å². The fourth-order valence-electron chi connectivity index (χ4n) is 2.39. The van der Waals surface area contributed by atoms with Crippen molar-refractivity contribution in [2.75, 3.05) is 11.9 Å². The fourth-order valence-corrected chi connectivity index (χ4v) is 2.39. The van der Waals surface area contributed by atoms with Crippen LogP contribution in [-0.4, -0.2) is 18.6 Å². The van der Waals surface area contributed by atoms with Gasteiger partial charge >= 0.3 is 0 Å². The third-order valence-corrected chi connectivity index (χ3v) is 4.00. The Morgan fingerprint density at radius 1 is 1.00 bits per heavy atom. The molecule has 0 saturated carbocycles. The van der Waals surface area contributed by atoms with E-state index in [9.17, 15) is 4.79 Å². The molecule has 2 rings (SSSR count). The summed E-state index contributed by atoms with van der Waals surface area (Å²) in [5.74, 6) is 1.30. The van der Waals surface area contributed by atoms with Crippen molar-refractivity contribution in [3.8, 4) is 11.5 Å². The van der Waals surface area contributed by atoms with E-state index in [1.807, 2.05) is 48.5 Å². The van der Waals surface area contributed by atoms with Gasteiger partial charge < -0.3 is 14.8 Å². The van der Waals surface area contributed by atoms with Crippen molar-refractivity contribution in [1.82, 2.24) is 0 Å². The number of nitrogens with one attached hydrogen (secondary N) is 1. The van der Waals surface area contributed by atoms with Gasteiger partial charge in [-0.05, 0) is 60.7 Å². The lowest BCUT2D eigenvalue weighted by molar-refractivity contribution is -0.122. The summed E-state index contributed by atoms with van der Waals surface area (Å²) in [7, 11) is 0. The summed E-state index contributed by atoms with van der Waals surface area (Å²) in [5.41, 5.74) is 2.04. The van der Waals surface area contributed by atoms with Crippen LogP contribution in [0.4, 0.5) is 5.69 Å². The first-order valence-electron chi connectivity index (χ1n) is 9.10. The van der Waals surface area contributed by atoms with Gasteiger partial charge in [0.2, 0.25) is 0 Å². The van der Waals surface area contributed by atoms with Crippen molar-refractivity contribution < 1.29 is 14.3 Å². The van der Waals surface area contributed by atoms with Crippen LogP contribution >= 0.6 is 0 Å². The van der Waals surface area contributed by atoms with Crippen molar-refractivity contribution in [2.24, 2.45) is 0 Å². The molecule has 0 aliphatic rings. The minimum absolute atomic E-state index is 0.0918. The summed E-state index contributed by atoms with van der Waals surface area (Å²) >= 11 is 0. The summed E-state index contributed by atoms with van der Waals surface area (Å²) in [4.78, 5) is 12.3. The summed E-state index contributed by atoms with van der Waals surface area (Å²) in [5, 5.41) is 2.86. The van der Waals surface area contributed by atoms with Crippen LogP contribution in [0.3, 0.4) is 0 Å². The molecule has 4 heteroatoms. The zero-order chi connectivity index (χ0) is 19.2. The van der Waals surface area contributed by atoms with Crippen molar-refractivity contribution in [3.05, 3.63) is 54.1 Å². The van der Waals surface area contributed by atoms with E-state index >= 15 is 0 Å². The van der Waals surface area contributed by atoms with Crippen LogP contribution in [0, 0.1) is 0 Å². The largest absolute Gasteiger partial charge is 0.494 e. The van der Waals surface area contributed by atoms with Crippen LogP contribution in [0.15, 0.2) is 48.5 Å². The van der Waals surface area contributed by atoms with Crippen LogP contribution in [-0.2, 0) is 10.2 Å². The van der Waals surface area contributed by atoms with Crippen LogP contribution in [0.2, 0.25) is 0 Å². The maximum absolute atomic E-state index is 12.3. The van der Waals surface area contributed by atoms with Gasteiger partial charge in [0.15, 0.2) is 6.10 Å². The molecule has 1 amide bonds. The minimum atomic E-state index is -0.591. The van der Waals surface area contributed by atoms with Crippen LogP contribution in [0.5, 0.6) is 11.5 Å². The van der Waals surface area contributed by atoms with Crippen LogP contribution in [0.25, 0.3) is 0 Å². The zero-order valence-electron chi connectivity index (χ0n) is 16.3. The number of benzene rings is 2. The number of hydrogen-bond donors (Lipinski definition) is 1. The maximum Gasteiger partial charge on any atom is 0.265 e. The Balaban J connectivity index is 1.91. The minimum Gasteiger partial charge on any atom is -0.494 e. The van der Waals surface area contributed by atoms with E-state index in [1.54, 1.807) is 6.92 Å². The van der Waals surface area contributed by atoms with Gasteiger partial charge in [0, 0.05) is 5.69 Å². The lowest BCUT2D eigenvalue weighted by Gasteiger charge is -2.20. The first-order chi connectivity index (χ1) is 12.3. The van der Waals surface area contributed by atoms with Gasteiger partial charge in [0.05, 0.1) is 6.61 Å². The molecule has 2 aromatic carbocycles. The molecule has 26 heavy (non-hydrogen) atoms. The molecule has 1 N–H and O–H groups in total. The Morgan fingerprint density at radius 3 is 2.12 bits per heavy atom. The molecule has 0 bridgehead atoms. The Kier molecular flexibility index (Phi) is 6.67. The molecular weight excluding hydrogens is 326 g/mol. The molecule has 2 aromatic rings. The number of amides is 1. The Morgan fingerprint density at radius 2 is 1.58 bits per heavy atom. The predicted octanol–water partition coefficient (Wildman–Crippen LogP) is 5.18. The molecule has 0 fully saturated rings. The second kappa shape index (κ2) is 8.75. The lowest BCUT2D eigenvalue weighted by Crippen LogP contribution is -2.30. The van der Waals surface area contributed by atoms with Gasteiger partial charge in [-0.1, -0.05) is 39.8 Å². The van der Waals surface area contributed by atoms with E-state index in [1.165, 1.54) is 5.56 Å². The number of hydrogen-bond acceptors (Lipinski definition) is 3. The van der Waals surface area contributed by atoms with E-state index in [2.05, 4.69) is 33.0 Å². The molecular formula is C22H29NO3. The van der Waals surface area contributed by atoms with Gasteiger partial charge in [-0.2, -0.15) is 0 Å². The molecule has 0 heterocycles. The maximum atomic E-state index is 12.3. The van der Waals surface area contributed by atoms with Gasteiger partial charge in [-0.15, -0.1) is 0 Å². The molecule has 4 nitrogen and oxygen atoms in total. The number of carbonyl (C=O) groups is 1. The van der Waals surface area contributed by atoms with E-state index in [-0.39, 0.29) is 11.3 Å². The Labute approximate surface area is 156 Å². The zero-order valence-corrected chi connectivity index (χ0v) is 16.3. The molecule has 1 unspecified atom stereocenters. The molecule has 140 valence electrons. The number of carbonyl (C=O) groups excluding carboxylic acids is 1. The fraction of sp³-hybridized carbons (Fsp3) is 0.409. The lowest BCUT2D eigenvalue weighted by atomic mass is 9.87. The summed E-state index contributed by atoms with van der Waals surface area (Å²) in [6, 6.07) is 15.2. The van der Waals surface area contributed by atoms with E-state index < -0.39 is 6.10 Å². The van der Waals surface area contributed by atoms with Crippen molar-refractivity contribution in [3.63, 3.8) is 0 Å². The molecule has 0 spiro atoms. The molecule has 0 aromatic heterocycles. The van der Waals surface area contributed by atoms with Gasteiger partial charge in [-0.25, -0.2) is 0 Å². The van der Waals surface area contributed by atoms with Crippen molar-refractivity contribution >= 4 is 11.6 Å². The second-order valence-electron chi connectivity index (χ2n) is 7.40. The van der Waals surface area contributed by atoms with Crippen LogP contribution < -0.4 is 14.8 Å². The highest BCUT2D eigenvalue weighted by Gasteiger charge is 2.16. The number of ether oxygens (including phenoxy) is 2. The van der Waals surface area contributed by atoms with Gasteiger partial charge in [-0.3, -0.25) is 4.79 Å². The molecule has 1 atom stereocenters. The first-order valence-corrected chi connectivity index (χ1v) is 9.10. The van der Waals surface area contributed by atoms with Gasteiger partial charge in [0.25, 0.3) is 5.91 Å². The average molecular weight is 355 g/mol. The number of rotatable bonds is 7. The molecule has 0 aliphatic carbocycles. The number of anilines is 1. The molecule has 0 aliphatic heterocycles. The Hall–Kier alpha value is -2.49. The van der Waals surface area contributed by atoms with E-state index in [0.717, 1.165) is 17.9 Å². The monoisotopic (exact) mass is 355 g/mol. The smallest absolute Gasteiger partial charge is 0.265 e. The SMILES string of the molecule is CCCOc1ccc(NC(=O)C(C)Oc2ccc(C(C)(C)C)cc2)cc1. The highest BCUT2D eigenvalue weighted by Crippen LogP contribution is 2.25. The average Bonchev–Trinajstić information content (AvgIpc) is 2.60. The molecule has 0 saturated heterocycles. The topological polar surface area (TPSA) is 47.6 Å². The van der Waals surface area contributed by atoms with Gasteiger partial charge in [0.1, 0.15) is 11.5 Å². The predicted molar refractivity (Wildman–Crippen MR) is 106 cm³/mol. The Bertz CT molecular complexity index is 700. The normalized spacial score (nSPS) is 12.3. The second-order valence-corrected chi connectivity index (χ2v) is 7.40. The molecule has 0 radical (unpaired) electrons. The quantitative estimate of drug-likeness (QED) is 0.744. The van der Waals surface area contributed by atoms with Crippen molar-refractivity contribution in [2.45, 2.75) is 52.6 Å². The van der Waals surface area contributed by atoms with E-state index in [4.69, 9.17) is 9.47 Å². The summed E-state index contributed by atoms with van der Waals surface area (Å²) < 4.78 is 11.3.